The summed E-state index contributed by atoms with van der Waals surface area (Å²) in [5, 5.41) is 5.98. The molecule has 176 valence electrons. The number of hydrogen-bond acceptors (Lipinski definition) is 6. The number of sulfonamides is 1. The number of hydrogen-bond donors (Lipinski definition) is 0. The summed E-state index contributed by atoms with van der Waals surface area (Å²) in [6.45, 7) is 5.02. The lowest BCUT2D eigenvalue weighted by molar-refractivity contribution is -0.139. The number of ether oxygens (including phenoxy) is 2. The largest absolute Gasteiger partial charge is 0.494 e. The molecule has 10 heteroatoms. The van der Waals surface area contributed by atoms with E-state index in [1.807, 2.05) is 24.6 Å². The number of nitrogens with zero attached hydrogens (tertiary/aromatic N) is 3. The Morgan fingerprint density at radius 2 is 1.91 bits per heavy atom. The van der Waals surface area contributed by atoms with E-state index in [9.17, 15) is 13.2 Å². The fraction of sp³-hybridized carbons (Fsp3) is 0.391. The fourth-order valence-electron chi connectivity index (χ4n) is 4.21. The molecule has 0 unspecified atom stereocenters. The Bertz CT molecular complexity index is 1270. The average molecular weight is 492 g/mol. The van der Waals surface area contributed by atoms with Gasteiger partial charge in [-0.05, 0) is 55.3 Å². The molecular formula is C23H26ClN3O5S. The van der Waals surface area contributed by atoms with Crippen molar-refractivity contribution in [3.8, 4) is 5.75 Å². The Morgan fingerprint density at radius 1 is 1.18 bits per heavy atom. The highest BCUT2D eigenvalue weighted by atomic mass is 35.5. The minimum absolute atomic E-state index is 0.00669. The summed E-state index contributed by atoms with van der Waals surface area (Å²) in [5.74, 6) is 0.233. The fourth-order valence-corrected chi connectivity index (χ4v) is 5.94. The van der Waals surface area contributed by atoms with Gasteiger partial charge in [0, 0.05) is 23.5 Å². The molecule has 1 fully saturated rings. The average Bonchev–Trinajstić information content (AvgIpc) is 3.35. The van der Waals surface area contributed by atoms with Gasteiger partial charge in [-0.2, -0.15) is 9.40 Å². The van der Waals surface area contributed by atoms with Crippen LogP contribution in [-0.4, -0.2) is 55.3 Å². The Labute approximate surface area is 198 Å². The van der Waals surface area contributed by atoms with Gasteiger partial charge in [0.15, 0.2) is 0 Å². The first kappa shape index (κ1) is 23.5. The van der Waals surface area contributed by atoms with Crippen LogP contribution in [0.5, 0.6) is 5.75 Å². The predicted octanol–water partition coefficient (Wildman–Crippen LogP) is 3.69. The first-order chi connectivity index (χ1) is 15.7. The molecule has 1 saturated heterocycles. The number of carbonyl (C=O) groups excluding carboxylic acids is 1. The summed E-state index contributed by atoms with van der Waals surface area (Å²) in [6, 6.07) is 11.6. The van der Waals surface area contributed by atoms with Crippen molar-refractivity contribution in [3.05, 3.63) is 53.2 Å². The van der Waals surface area contributed by atoms with E-state index >= 15 is 0 Å². The van der Waals surface area contributed by atoms with Gasteiger partial charge in [0.1, 0.15) is 5.75 Å². The van der Waals surface area contributed by atoms with Gasteiger partial charge in [-0.3, -0.25) is 9.48 Å². The van der Waals surface area contributed by atoms with Crippen molar-refractivity contribution in [3.63, 3.8) is 0 Å². The highest BCUT2D eigenvalue weighted by Gasteiger charge is 2.39. The highest BCUT2D eigenvalue weighted by molar-refractivity contribution is 7.89. The molecule has 2 aromatic carbocycles. The molecule has 1 aliphatic heterocycles. The number of fused-ring (bicyclic) bond motifs is 1. The molecule has 1 aromatic heterocycles. The molecule has 0 aliphatic carbocycles. The van der Waals surface area contributed by atoms with Crippen molar-refractivity contribution in [1.29, 1.82) is 0 Å². The van der Waals surface area contributed by atoms with Crippen molar-refractivity contribution in [2.75, 3.05) is 26.8 Å². The van der Waals surface area contributed by atoms with Crippen LogP contribution in [0.1, 0.15) is 25.6 Å². The molecule has 0 saturated carbocycles. The third-order valence-corrected chi connectivity index (χ3v) is 7.99. The van der Waals surface area contributed by atoms with Gasteiger partial charge >= 0.3 is 5.97 Å². The lowest BCUT2D eigenvalue weighted by Crippen LogP contribution is -2.29. The van der Waals surface area contributed by atoms with Crippen LogP contribution in [-0.2, 0) is 26.0 Å². The van der Waals surface area contributed by atoms with E-state index in [0.29, 0.717) is 29.6 Å². The zero-order chi connectivity index (χ0) is 23.8. The lowest BCUT2D eigenvalue weighted by Gasteiger charge is -2.18. The van der Waals surface area contributed by atoms with Crippen LogP contribution in [0.2, 0.25) is 5.02 Å². The Kier molecular flexibility index (Phi) is 6.65. The Balaban J connectivity index is 1.65. The maximum absolute atomic E-state index is 13.3. The third kappa shape index (κ3) is 4.58. The summed E-state index contributed by atoms with van der Waals surface area (Å²) in [6.07, 6.45) is 0.00956. The minimum atomic E-state index is -3.68. The number of rotatable bonds is 7. The maximum atomic E-state index is 13.3. The van der Waals surface area contributed by atoms with Crippen molar-refractivity contribution < 1.29 is 22.7 Å². The number of aromatic nitrogens is 2. The number of halogens is 1. The van der Waals surface area contributed by atoms with Crippen molar-refractivity contribution in [2.45, 2.75) is 31.2 Å². The van der Waals surface area contributed by atoms with E-state index in [1.54, 1.807) is 36.4 Å². The van der Waals surface area contributed by atoms with Crippen LogP contribution >= 0.6 is 11.6 Å². The number of carbonyl (C=O) groups is 1. The van der Waals surface area contributed by atoms with Crippen LogP contribution in [0.15, 0.2) is 47.4 Å². The summed E-state index contributed by atoms with van der Waals surface area (Å²) < 4.78 is 40.1. The SMILES string of the molecule is CCOc1ccc(S(=O)(=O)N2C[C@@H](C)[C@@H](n3nc(CC(=O)OC)c4cc(Cl)ccc43)C2)cc1. The quantitative estimate of drug-likeness (QED) is 0.468. The molecular weight excluding hydrogens is 466 g/mol. The maximum Gasteiger partial charge on any atom is 0.311 e. The smallest absolute Gasteiger partial charge is 0.311 e. The minimum Gasteiger partial charge on any atom is -0.494 e. The second-order valence-corrected chi connectivity index (χ2v) is 10.5. The molecule has 0 radical (unpaired) electrons. The van der Waals surface area contributed by atoms with Crippen molar-refractivity contribution in [1.82, 2.24) is 14.1 Å². The van der Waals surface area contributed by atoms with E-state index in [4.69, 9.17) is 26.2 Å². The molecule has 1 aliphatic rings. The van der Waals surface area contributed by atoms with Crippen molar-refractivity contribution in [2.24, 2.45) is 5.92 Å². The molecule has 33 heavy (non-hydrogen) atoms. The molecule has 2 heterocycles. The van der Waals surface area contributed by atoms with Crippen molar-refractivity contribution >= 4 is 38.5 Å². The van der Waals surface area contributed by atoms with Gasteiger partial charge in [0.25, 0.3) is 0 Å². The van der Waals surface area contributed by atoms with Gasteiger partial charge < -0.3 is 9.47 Å². The van der Waals surface area contributed by atoms with E-state index in [2.05, 4.69) is 0 Å². The predicted molar refractivity (Wildman–Crippen MR) is 125 cm³/mol. The zero-order valence-electron chi connectivity index (χ0n) is 18.7. The summed E-state index contributed by atoms with van der Waals surface area (Å²) in [4.78, 5) is 12.1. The molecule has 0 bridgehead atoms. The van der Waals surface area contributed by atoms with Gasteiger partial charge in [0.2, 0.25) is 10.0 Å². The second-order valence-electron chi connectivity index (χ2n) is 8.08. The summed E-state index contributed by atoms with van der Waals surface area (Å²) in [5.41, 5.74) is 1.36. The number of benzene rings is 2. The molecule has 0 N–H and O–H groups in total. The van der Waals surface area contributed by atoms with Crippen LogP contribution in [0.3, 0.4) is 0 Å². The van der Waals surface area contributed by atoms with E-state index in [-0.39, 0.29) is 29.8 Å². The van der Waals surface area contributed by atoms with Gasteiger partial charge in [-0.15, -0.1) is 0 Å². The van der Waals surface area contributed by atoms with Gasteiger partial charge in [0.05, 0.1) is 42.3 Å². The molecule has 2 atom stereocenters. The second kappa shape index (κ2) is 9.32. The van der Waals surface area contributed by atoms with E-state index in [1.165, 1.54) is 11.4 Å². The molecule has 0 spiro atoms. The first-order valence-corrected chi connectivity index (χ1v) is 12.5. The Hall–Kier alpha value is -2.62. The third-order valence-electron chi connectivity index (χ3n) is 5.91. The van der Waals surface area contributed by atoms with Crippen LogP contribution in [0, 0.1) is 5.92 Å². The van der Waals surface area contributed by atoms with Crippen LogP contribution < -0.4 is 4.74 Å². The lowest BCUT2D eigenvalue weighted by atomic mass is 10.1. The molecule has 8 nitrogen and oxygen atoms in total. The first-order valence-electron chi connectivity index (χ1n) is 10.7. The Morgan fingerprint density at radius 3 is 2.58 bits per heavy atom. The number of esters is 1. The summed E-state index contributed by atoms with van der Waals surface area (Å²) in [7, 11) is -2.35. The monoisotopic (exact) mass is 491 g/mol. The molecule has 4 rings (SSSR count). The van der Waals surface area contributed by atoms with E-state index in [0.717, 1.165) is 10.9 Å². The van der Waals surface area contributed by atoms with E-state index < -0.39 is 16.0 Å². The molecule has 0 amide bonds. The summed E-state index contributed by atoms with van der Waals surface area (Å²) >= 11 is 6.19. The normalized spacial score (nSPS) is 19.2. The zero-order valence-corrected chi connectivity index (χ0v) is 20.3. The standard InChI is InChI=1S/C23H26ClN3O5S/c1-4-32-17-6-8-18(9-7-17)33(29,30)26-13-15(2)22(14-26)27-21-10-5-16(24)11-19(21)20(25-27)12-23(28)31-3/h5-11,15,22H,4,12-14H2,1-3H3/t15-,22+/m1/s1. The highest BCUT2D eigenvalue weighted by Crippen LogP contribution is 2.35. The van der Waals surface area contributed by atoms with Crippen LogP contribution in [0.4, 0.5) is 0 Å². The topological polar surface area (TPSA) is 90.7 Å². The van der Waals surface area contributed by atoms with Gasteiger partial charge in [-0.1, -0.05) is 18.5 Å². The number of methoxy groups -OCH3 is 1. The molecule has 3 aromatic rings. The van der Waals surface area contributed by atoms with Gasteiger partial charge in [-0.25, -0.2) is 8.42 Å². The van der Waals surface area contributed by atoms with Crippen LogP contribution in [0.25, 0.3) is 10.9 Å².